The van der Waals surface area contributed by atoms with Crippen LogP contribution in [0.5, 0.6) is 0 Å². The summed E-state index contributed by atoms with van der Waals surface area (Å²) >= 11 is 11.9. The highest BCUT2D eigenvalue weighted by atomic mass is 35.5. The maximum atomic E-state index is 14.0. The van der Waals surface area contributed by atoms with E-state index in [0.717, 1.165) is 0 Å². The molecule has 22 heavy (non-hydrogen) atoms. The molecule has 0 saturated heterocycles. The van der Waals surface area contributed by atoms with Crippen molar-refractivity contribution in [3.63, 3.8) is 0 Å². The van der Waals surface area contributed by atoms with Gasteiger partial charge in [-0.3, -0.25) is 4.79 Å². The van der Waals surface area contributed by atoms with Crippen LogP contribution in [0.15, 0.2) is 47.5 Å². The third kappa shape index (κ3) is 2.38. The Labute approximate surface area is 136 Å². The van der Waals surface area contributed by atoms with Crippen LogP contribution in [0.4, 0.5) is 4.39 Å². The van der Waals surface area contributed by atoms with Gasteiger partial charge < -0.3 is 5.32 Å². The van der Waals surface area contributed by atoms with Gasteiger partial charge in [0.15, 0.2) is 0 Å². The molecule has 1 heterocycles. The van der Waals surface area contributed by atoms with Crippen molar-refractivity contribution in [1.82, 2.24) is 5.32 Å². The van der Waals surface area contributed by atoms with E-state index in [4.69, 9.17) is 23.2 Å². The van der Waals surface area contributed by atoms with Gasteiger partial charge in [-0.1, -0.05) is 41.4 Å². The first-order valence-corrected chi connectivity index (χ1v) is 7.29. The number of hydrogen-bond donors (Lipinski definition) is 1. The van der Waals surface area contributed by atoms with Crippen LogP contribution in [-0.4, -0.2) is 11.7 Å². The lowest BCUT2D eigenvalue weighted by Gasteiger charge is -2.23. The molecule has 1 aliphatic heterocycles. The van der Waals surface area contributed by atoms with Gasteiger partial charge in [-0.2, -0.15) is 4.99 Å². The van der Waals surface area contributed by atoms with Gasteiger partial charge in [0.25, 0.3) is 5.91 Å². The molecule has 1 N–H and O–H groups in total. The molecule has 0 aromatic heterocycles. The van der Waals surface area contributed by atoms with E-state index in [2.05, 4.69) is 10.3 Å². The number of amidine groups is 1. The molecule has 112 valence electrons. The molecule has 0 radical (unpaired) electrons. The van der Waals surface area contributed by atoms with Gasteiger partial charge in [0.2, 0.25) is 0 Å². The van der Waals surface area contributed by atoms with Crippen LogP contribution >= 0.6 is 23.2 Å². The minimum atomic E-state index is -1.08. The minimum Gasteiger partial charge on any atom is -0.352 e. The lowest BCUT2D eigenvalue weighted by atomic mass is 9.92. The maximum absolute atomic E-state index is 14.0. The molecule has 6 heteroatoms. The Bertz CT molecular complexity index is 769. The summed E-state index contributed by atoms with van der Waals surface area (Å²) in [6.07, 6.45) is 0. The average molecular weight is 337 g/mol. The maximum Gasteiger partial charge on any atom is 0.277 e. The van der Waals surface area contributed by atoms with Crippen molar-refractivity contribution in [2.75, 3.05) is 0 Å². The normalized spacial score (nSPS) is 20.7. The van der Waals surface area contributed by atoms with E-state index in [1.54, 1.807) is 37.3 Å². The summed E-state index contributed by atoms with van der Waals surface area (Å²) in [5.74, 6) is -0.818. The Kier molecular flexibility index (Phi) is 3.67. The molecule has 1 aliphatic rings. The van der Waals surface area contributed by atoms with Crippen molar-refractivity contribution in [3.8, 4) is 0 Å². The van der Waals surface area contributed by atoms with E-state index in [0.29, 0.717) is 10.6 Å². The lowest BCUT2D eigenvalue weighted by molar-refractivity contribution is -0.122. The van der Waals surface area contributed by atoms with Crippen molar-refractivity contribution in [3.05, 3.63) is 69.5 Å². The zero-order valence-electron chi connectivity index (χ0n) is 11.5. The lowest BCUT2D eigenvalue weighted by Crippen LogP contribution is -2.43. The van der Waals surface area contributed by atoms with E-state index in [1.807, 2.05) is 0 Å². The molecule has 2 aromatic carbocycles. The summed E-state index contributed by atoms with van der Waals surface area (Å²) < 4.78 is 14.0. The predicted octanol–water partition coefficient (Wildman–Crippen LogP) is 3.92. The van der Waals surface area contributed by atoms with Gasteiger partial charge in [-0.25, -0.2) is 4.39 Å². The van der Waals surface area contributed by atoms with Crippen molar-refractivity contribution in [2.24, 2.45) is 4.99 Å². The number of nitrogens with zero attached hydrogens (tertiary/aromatic N) is 1. The summed E-state index contributed by atoms with van der Waals surface area (Å²) in [7, 11) is 0. The second-order valence-electron chi connectivity index (χ2n) is 5.12. The van der Waals surface area contributed by atoms with Crippen LogP contribution in [0.1, 0.15) is 18.1 Å². The highest BCUT2D eigenvalue weighted by molar-refractivity contribution is 6.35. The van der Waals surface area contributed by atoms with Gasteiger partial charge in [-0.15, -0.1) is 0 Å². The fourth-order valence-electron chi connectivity index (χ4n) is 2.35. The average Bonchev–Trinajstić information content (AvgIpc) is 2.76. The van der Waals surface area contributed by atoms with Crippen LogP contribution in [0, 0.1) is 5.82 Å². The zero-order chi connectivity index (χ0) is 15.9. The SMILES string of the molecule is CC1(c2ccc(Cl)cc2)NC(c2c(F)cccc2Cl)=NC1=O. The van der Waals surface area contributed by atoms with Crippen molar-refractivity contribution >= 4 is 34.9 Å². The number of benzene rings is 2. The number of carbonyl (C=O) groups excluding carboxylic acids is 1. The Morgan fingerprint density at radius 3 is 2.45 bits per heavy atom. The highest BCUT2D eigenvalue weighted by Gasteiger charge is 2.42. The first-order chi connectivity index (χ1) is 10.4. The standard InChI is InChI=1S/C16H11Cl2FN2O/c1-16(9-5-7-10(17)8-6-9)15(22)20-14(21-16)13-11(18)3-2-4-12(13)19/h2-8H,1H3,(H,20,21,22). The number of amides is 1. The van der Waals surface area contributed by atoms with Gasteiger partial charge in [0.05, 0.1) is 10.6 Å². The van der Waals surface area contributed by atoms with E-state index >= 15 is 0 Å². The van der Waals surface area contributed by atoms with Gasteiger partial charge in [0.1, 0.15) is 17.2 Å². The Hall–Kier alpha value is -1.91. The van der Waals surface area contributed by atoms with E-state index in [-0.39, 0.29) is 16.4 Å². The summed E-state index contributed by atoms with van der Waals surface area (Å²) in [5.41, 5.74) is -0.297. The van der Waals surface area contributed by atoms with Crippen LogP contribution in [-0.2, 0) is 10.3 Å². The second kappa shape index (κ2) is 5.38. The Balaban J connectivity index is 2.02. The second-order valence-corrected chi connectivity index (χ2v) is 5.96. The monoisotopic (exact) mass is 336 g/mol. The molecule has 3 rings (SSSR count). The van der Waals surface area contributed by atoms with Gasteiger partial charge in [-0.05, 0) is 36.8 Å². The molecule has 0 spiro atoms. The number of halogens is 3. The molecular formula is C16H11Cl2FN2O. The molecule has 1 unspecified atom stereocenters. The molecule has 1 atom stereocenters. The zero-order valence-corrected chi connectivity index (χ0v) is 13.0. The minimum absolute atomic E-state index is 0.0928. The van der Waals surface area contributed by atoms with E-state index < -0.39 is 17.3 Å². The molecule has 0 bridgehead atoms. The number of aliphatic imine (C=N–C) groups is 1. The molecule has 3 nitrogen and oxygen atoms in total. The highest BCUT2D eigenvalue weighted by Crippen LogP contribution is 2.30. The van der Waals surface area contributed by atoms with Gasteiger partial charge >= 0.3 is 0 Å². The largest absolute Gasteiger partial charge is 0.352 e. The molecule has 2 aromatic rings. The molecular weight excluding hydrogens is 326 g/mol. The third-order valence-corrected chi connectivity index (χ3v) is 4.20. The molecule has 0 saturated carbocycles. The summed E-state index contributed by atoms with van der Waals surface area (Å²) in [6, 6.07) is 11.1. The number of rotatable bonds is 2. The fourth-order valence-corrected chi connectivity index (χ4v) is 2.73. The first-order valence-electron chi connectivity index (χ1n) is 6.53. The number of carbonyl (C=O) groups is 1. The summed E-state index contributed by atoms with van der Waals surface area (Å²) in [5, 5.41) is 3.74. The Morgan fingerprint density at radius 2 is 1.82 bits per heavy atom. The van der Waals surface area contributed by atoms with Crippen LogP contribution < -0.4 is 5.32 Å². The number of hydrogen-bond acceptors (Lipinski definition) is 2. The first kappa shape index (κ1) is 15.0. The van der Waals surface area contributed by atoms with Crippen molar-refractivity contribution < 1.29 is 9.18 Å². The third-order valence-electron chi connectivity index (χ3n) is 3.63. The van der Waals surface area contributed by atoms with Crippen LogP contribution in [0.3, 0.4) is 0 Å². The van der Waals surface area contributed by atoms with Crippen LogP contribution in [0.2, 0.25) is 10.0 Å². The van der Waals surface area contributed by atoms with Crippen LogP contribution in [0.25, 0.3) is 0 Å². The summed E-state index contributed by atoms with van der Waals surface area (Å²) in [6.45, 7) is 1.68. The molecule has 1 amide bonds. The van der Waals surface area contributed by atoms with Crippen molar-refractivity contribution in [1.29, 1.82) is 0 Å². The quantitative estimate of drug-likeness (QED) is 0.902. The van der Waals surface area contributed by atoms with Gasteiger partial charge in [0, 0.05) is 5.02 Å². The van der Waals surface area contributed by atoms with E-state index in [9.17, 15) is 9.18 Å². The smallest absolute Gasteiger partial charge is 0.277 e. The predicted molar refractivity (Wildman–Crippen MR) is 84.9 cm³/mol. The summed E-state index contributed by atoms with van der Waals surface area (Å²) in [4.78, 5) is 16.3. The topological polar surface area (TPSA) is 41.5 Å². The Morgan fingerprint density at radius 1 is 1.14 bits per heavy atom. The van der Waals surface area contributed by atoms with Crippen molar-refractivity contribution in [2.45, 2.75) is 12.5 Å². The van der Waals surface area contributed by atoms with E-state index in [1.165, 1.54) is 12.1 Å². The number of nitrogens with one attached hydrogen (secondary N) is 1. The molecule has 0 fully saturated rings. The molecule has 0 aliphatic carbocycles. The fraction of sp³-hybridized carbons (Fsp3) is 0.125.